The van der Waals surface area contributed by atoms with Gasteiger partial charge in [0.05, 0.1) is 11.0 Å². The highest BCUT2D eigenvalue weighted by Gasteiger charge is 2.35. The van der Waals surface area contributed by atoms with Crippen LogP contribution in [0.4, 0.5) is 0 Å². The average molecular weight is 612 g/mol. The van der Waals surface area contributed by atoms with Crippen LogP contribution in [-0.4, -0.2) is 4.57 Å². The molecule has 0 fully saturated rings. The molecule has 0 aliphatic heterocycles. The van der Waals surface area contributed by atoms with Gasteiger partial charge >= 0.3 is 0 Å². The lowest BCUT2D eigenvalue weighted by atomic mass is 9.82. The molecule has 0 atom stereocenters. The number of fused-ring (bicyclic) bond motifs is 8. The monoisotopic (exact) mass is 611 g/mol. The Kier molecular flexibility index (Phi) is 5.69. The van der Waals surface area contributed by atoms with Gasteiger partial charge in [-0.05, 0) is 115 Å². The fraction of sp³-hybridized carbons (Fsp3) is 0.0638. The van der Waals surface area contributed by atoms with Crippen molar-refractivity contribution in [1.82, 2.24) is 4.57 Å². The highest BCUT2D eigenvalue weighted by Crippen LogP contribution is 2.49. The van der Waals surface area contributed by atoms with Crippen molar-refractivity contribution in [2.75, 3.05) is 0 Å². The molecule has 1 heteroatoms. The van der Waals surface area contributed by atoms with E-state index < -0.39 is 0 Å². The molecule has 1 aromatic heterocycles. The van der Waals surface area contributed by atoms with Crippen LogP contribution < -0.4 is 0 Å². The SMILES string of the molecule is CC1(C)c2ccccc2-c2ccc(-n3c4ccc(-c5ccc6ccccc6c5)cc4c4cc(-c5ccc6ccccc6c5)ccc43)cc21. The first-order valence-corrected chi connectivity index (χ1v) is 16.8. The molecule has 9 aromatic rings. The Balaban J connectivity index is 1.21. The summed E-state index contributed by atoms with van der Waals surface area (Å²) < 4.78 is 2.47. The Hall–Kier alpha value is -5.92. The lowest BCUT2D eigenvalue weighted by Gasteiger charge is -2.22. The Morgan fingerprint density at radius 1 is 0.375 bits per heavy atom. The first kappa shape index (κ1) is 27.2. The van der Waals surface area contributed by atoms with Gasteiger partial charge < -0.3 is 4.57 Å². The van der Waals surface area contributed by atoms with E-state index in [1.165, 1.54) is 93.5 Å². The molecule has 1 aliphatic rings. The zero-order valence-corrected chi connectivity index (χ0v) is 27.0. The second kappa shape index (κ2) is 10.0. The quantitative estimate of drug-likeness (QED) is 0.187. The van der Waals surface area contributed by atoms with E-state index in [2.05, 4.69) is 182 Å². The van der Waals surface area contributed by atoms with Gasteiger partial charge in [-0.2, -0.15) is 0 Å². The zero-order valence-electron chi connectivity index (χ0n) is 27.0. The molecular formula is C47H33N. The molecule has 0 saturated heterocycles. The molecule has 8 aromatic carbocycles. The number of hydrogen-bond donors (Lipinski definition) is 0. The molecule has 0 bridgehead atoms. The predicted octanol–water partition coefficient (Wildman–Crippen LogP) is 12.7. The maximum absolute atomic E-state index is 2.47. The van der Waals surface area contributed by atoms with Crippen molar-refractivity contribution in [3.05, 3.63) is 175 Å². The molecule has 0 radical (unpaired) electrons. The van der Waals surface area contributed by atoms with Gasteiger partial charge in [0, 0.05) is 21.9 Å². The van der Waals surface area contributed by atoms with E-state index in [0.29, 0.717) is 0 Å². The maximum Gasteiger partial charge on any atom is 0.0541 e. The van der Waals surface area contributed by atoms with Crippen LogP contribution in [0, 0.1) is 0 Å². The Morgan fingerprint density at radius 2 is 0.854 bits per heavy atom. The van der Waals surface area contributed by atoms with Gasteiger partial charge in [0.2, 0.25) is 0 Å². The van der Waals surface area contributed by atoms with Crippen LogP contribution >= 0.6 is 0 Å². The number of aromatic nitrogens is 1. The van der Waals surface area contributed by atoms with E-state index in [4.69, 9.17) is 0 Å². The molecule has 0 spiro atoms. The summed E-state index contributed by atoms with van der Waals surface area (Å²) >= 11 is 0. The first-order valence-electron chi connectivity index (χ1n) is 16.8. The van der Waals surface area contributed by atoms with E-state index >= 15 is 0 Å². The minimum Gasteiger partial charge on any atom is -0.309 e. The van der Waals surface area contributed by atoms with Gasteiger partial charge in [0.1, 0.15) is 0 Å². The molecule has 0 saturated carbocycles. The number of benzene rings is 8. The molecular weight excluding hydrogens is 579 g/mol. The average Bonchev–Trinajstić information content (AvgIpc) is 3.58. The molecule has 0 unspecified atom stereocenters. The predicted molar refractivity (Wildman–Crippen MR) is 204 cm³/mol. The van der Waals surface area contributed by atoms with E-state index in [9.17, 15) is 0 Å². The summed E-state index contributed by atoms with van der Waals surface area (Å²) in [6.07, 6.45) is 0. The Bertz CT molecular complexity index is 2620. The van der Waals surface area contributed by atoms with Crippen molar-refractivity contribution in [3.63, 3.8) is 0 Å². The largest absolute Gasteiger partial charge is 0.309 e. The van der Waals surface area contributed by atoms with Crippen LogP contribution in [0.15, 0.2) is 164 Å². The van der Waals surface area contributed by atoms with Crippen LogP contribution in [-0.2, 0) is 5.41 Å². The number of nitrogens with zero attached hydrogens (tertiary/aromatic N) is 1. The van der Waals surface area contributed by atoms with Gasteiger partial charge in [-0.1, -0.05) is 129 Å². The summed E-state index contributed by atoms with van der Waals surface area (Å²) in [4.78, 5) is 0. The first-order chi connectivity index (χ1) is 23.5. The normalized spacial score (nSPS) is 13.4. The smallest absolute Gasteiger partial charge is 0.0541 e. The second-order valence-corrected chi connectivity index (χ2v) is 13.8. The number of hydrogen-bond acceptors (Lipinski definition) is 0. The van der Waals surface area contributed by atoms with Gasteiger partial charge in [0.15, 0.2) is 0 Å². The highest BCUT2D eigenvalue weighted by atomic mass is 15.0. The number of rotatable bonds is 3. The molecule has 226 valence electrons. The van der Waals surface area contributed by atoms with E-state index in [1.807, 2.05) is 0 Å². The molecule has 1 aliphatic carbocycles. The minimum atomic E-state index is -0.0623. The maximum atomic E-state index is 2.47. The van der Waals surface area contributed by atoms with E-state index in [1.54, 1.807) is 0 Å². The van der Waals surface area contributed by atoms with E-state index in [0.717, 1.165) is 0 Å². The van der Waals surface area contributed by atoms with Crippen LogP contribution in [0.3, 0.4) is 0 Å². The summed E-state index contributed by atoms with van der Waals surface area (Å²) in [7, 11) is 0. The fourth-order valence-corrected chi connectivity index (χ4v) is 8.23. The van der Waals surface area contributed by atoms with Crippen LogP contribution in [0.2, 0.25) is 0 Å². The van der Waals surface area contributed by atoms with Crippen LogP contribution in [0.1, 0.15) is 25.0 Å². The standard InChI is InChI=1S/C47H33N/c1-47(2)43-14-8-7-13-39(43)40-22-21-38(29-44(40)47)48-45-23-19-36(34-17-15-30-9-3-5-11-32(30)25-34)27-41(45)42-28-37(20-24-46(42)48)35-18-16-31-10-4-6-12-33(31)26-35/h3-29H,1-2H3. The highest BCUT2D eigenvalue weighted by molar-refractivity contribution is 6.12. The molecule has 1 nitrogen and oxygen atoms in total. The lowest BCUT2D eigenvalue weighted by molar-refractivity contribution is 0.660. The third-order valence-electron chi connectivity index (χ3n) is 10.8. The van der Waals surface area contributed by atoms with Crippen LogP contribution in [0.25, 0.3) is 82.4 Å². The second-order valence-electron chi connectivity index (χ2n) is 13.8. The molecule has 0 amide bonds. The molecule has 10 rings (SSSR count). The Morgan fingerprint density at radius 3 is 1.46 bits per heavy atom. The Labute approximate surface area is 280 Å². The third kappa shape index (κ3) is 3.98. The van der Waals surface area contributed by atoms with Crippen LogP contribution in [0.5, 0.6) is 0 Å². The van der Waals surface area contributed by atoms with Gasteiger partial charge in [0.25, 0.3) is 0 Å². The van der Waals surface area contributed by atoms with Gasteiger partial charge in [-0.25, -0.2) is 0 Å². The zero-order chi connectivity index (χ0) is 32.0. The summed E-state index contributed by atoms with van der Waals surface area (Å²) in [6, 6.07) is 60.8. The molecule has 1 heterocycles. The van der Waals surface area contributed by atoms with Crippen molar-refractivity contribution in [1.29, 1.82) is 0 Å². The minimum absolute atomic E-state index is 0.0623. The third-order valence-corrected chi connectivity index (χ3v) is 10.8. The van der Waals surface area contributed by atoms with Gasteiger partial charge in [-0.15, -0.1) is 0 Å². The molecule has 0 N–H and O–H groups in total. The van der Waals surface area contributed by atoms with Crippen molar-refractivity contribution >= 4 is 43.4 Å². The summed E-state index contributed by atoms with van der Waals surface area (Å²) in [5, 5.41) is 7.58. The van der Waals surface area contributed by atoms with E-state index in [-0.39, 0.29) is 5.41 Å². The van der Waals surface area contributed by atoms with Gasteiger partial charge in [-0.3, -0.25) is 0 Å². The lowest BCUT2D eigenvalue weighted by Crippen LogP contribution is -2.15. The van der Waals surface area contributed by atoms with Crippen molar-refractivity contribution in [2.24, 2.45) is 0 Å². The fourth-order valence-electron chi connectivity index (χ4n) is 8.23. The summed E-state index contributed by atoms with van der Waals surface area (Å²) in [5.74, 6) is 0. The van der Waals surface area contributed by atoms with Crippen molar-refractivity contribution < 1.29 is 0 Å². The topological polar surface area (TPSA) is 4.93 Å². The summed E-state index contributed by atoms with van der Waals surface area (Å²) in [5.41, 5.74) is 14.0. The van der Waals surface area contributed by atoms with Crippen molar-refractivity contribution in [3.8, 4) is 39.1 Å². The molecule has 48 heavy (non-hydrogen) atoms. The summed E-state index contributed by atoms with van der Waals surface area (Å²) in [6.45, 7) is 4.72. The van der Waals surface area contributed by atoms with Crippen molar-refractivity contribution in [2.45, 2.75) is 19.3 Å².